The van der Waals surface area contributed by atoms with Gasteiger partial charge in [0.15, 0.2) is 0 Å². The smallest absolute Gasteiger partial charge is 0.410 e. The van der Waals surface area contributed by atoms with Crippen molar-refractivity contribution in [2.75, 3.05) is 24.6 Å². The highest BCUT2D eigenvalue weighted by Gasteiger charge is 2.30. The molecule has 1 unspecified atom stereocenters. The van der Waals surface area contributed by atoms with Crippen molar-refractivity contribution in [3.05, 3.63) is 18.2 Å². The zero-order chi connectivity index (χ0) is 15.6. The van der Waals surface area contributed by atoms with E-state index in [4.69, 9.17) is 20.9 Å². The van der Waals surface area contributed by atoms with Crippen LogP contribution in [0.1, 0.15) is 27.2 Å². The normalized spacial score (nSPS) is 18.6. The highest BCUT2D eigenvalue weighted by molar-refractivity contribution is 5.68. The number of amides is 1. The average Bonchev–Trinajstić information content (AvgIpc) is 2.80. The minimum absolute atomic E-state index is 0.0551. The zero-order valence-electron chi connectivity index (χ0n) is 12.8. The number of hydrogen-bond donors (Lipinski definition) is 2. The number of rotatable bonds is 2. The van der Waals surface area contributed by atoms with Crippen LogP contribution in [0.4, 0.5) is 16.2 Å². The summed E-state index contributed by atoms with van der Waals surface area (Å²) in [5.41, 5.74) is 12.0. The first kappa shape index (κ1) is 15.3. The van der Waals surface area contributed by atoms with Crippen molar-refractivity contribution in [3.63, 3.8) is 0 Å². The van der Waals surface area contributed by atoms with Crippen LogP contribution in [-0.4, -0.2) is 35.8 Å². The number of hydrogen-bond acceptors (Lipinski definition) is 5. The van der Waals surface area contributed by atoms with Crippen LogP contribution in [0.5, 0.6) is 5.75 Å². The maximum atomic E-state index is 12.0. The Morgan fingerprint density at radius 1 is 1.29 bits per heavy atom. The molecule has 1 saturated heterocycles. The van der Waals surface area contributed by atoms with Gasteiger partial charge in [0.2, 0.25) is 0 Å². The number of nitrogen functional groups attached to an aromatic ring is 2. The van der Waals surface area contributed by atoms with Gasteiger partial charge in [-0.15, -0.1) is 0 Å². The number of benzene rings is 1. The SMILES string of the molecule is CC(C)(C)OC(=O)N1CCC(Oc2ccc(N)c(N)c2)C1. The number of likely N-dealkylation sites (tertiary alicyclic amines) is 1. The molecule has 1 heterocycles. The van der Waals surface area contributed by atoms with E-state index < -0.39 is 5.60 Å². The van der Waals surface area contributed by atoms with E-state index in [0.717, 1.165) is 6.42 Å². The molecule has 4 N–H and O–H groups in total. The lowest BCUT2D eigenvalue weighted by atomic mass is 10.2. The maximum absolute atomic E-state index is 12.0. The van der Waals surface area contributed by atoms with E-state index in [1.54, 1.807) is 23.1 Å². The summed E-state index contributed by atoms with van der Waals surface area (Å²) in [5.74, 6) is 0.665. The molecule has 0 radical (unpaired) electrons. The molecule has 0 aliphatic carbocycles. The summed E-state index contributed by atoms with van der Waals surface area (Å²) >= 11 is 0. The topological polar surface area (TPSA) is 90.8 Å². The monoisotopic (exact) mass is 293 g/mol. The Kier molecular flexibility index (Phi) is 4.16. The Morgan fingerprint density at radius 3 is 2.62 bits per heavy atom. The van der Waals surface area contributed by atoms with Crippen LogP contribution in [-0.2, 0) is 4.74 Å². The summed E-state index contributed by atoms with van der Waals surface area (Å²) in [6.07, 6.45) is 0.412. The Hall–Kier alpha value is -2.11. The molecule has 6 nitrogen and oxygen atoms in total. The lowest BCUT2D eigenvalue weighted by Crippen LogP contribution is -2.36. The molecular weight excluding hydrogens is 270 g/mol. The molecule has 1 aliphatic rings. The van der Waals surface area contributed by atoms with Crippen molar-refractivity contribution in [3.8, 4) is 5.75 Å². The summed E-state index contributed by atoms with van der Waals surface area (Å²) in [6.45, 7) is 6.70. The molecule has 1 fully saturated rings. The standard InChI is InChI=1S/C15H23N3O3/c1-15(2,3)21-14(19)18-7-6-11(9-18)20-10-4-5-12(16)13(17)8-10/h4-5,8,11H,6-7,9,16-17H2,1-3H3. The first-order valence-corrected chi connectivity index (χ1v) is 7.04. The largest absolute Gasteiger partial charge is 0.488 e. The van der Waals surface area contributed by atoms with Crippen molar-refractivity contribution in [1.82, 2.24) is 4.90 Å². The second-order valence-electron chi connectivity index (χ2n) is 6.25. The Morgan fingerprint density at radius 2 is 2.00 bits per heavy atom. The third kappa shape index (κ3) is 4.18. The second kappa shape index (κ2) is 5.71. The van der Waals surface area contributed by atoms with Gasteiger partial charge in [-0.25, -0.2) is 4.79 Å². The second-order valence-corrected chi connectivity index (χ2v) is 6.25. The predicted molar refractivity (Wildman–Crippen MR) is 82.1 cm³/mol. The summed E-state index contributed by atoms with van der Waals surface area (Å²) in [6, 6.07) is 5.19. The lowest BCUT2D eigenvalue weighted by Gasteiger charge is -2.24. The number of ether oxygens (including phenoxy) is 2. The van der Waals surface area contributed by atoms with E-state index in [1.807, 2.05) is 20.8 Å². The van der Waals surface area contributed by atoms with Gasteiger partial charge in [0.05, 0.1) is 17.9 Å². The summed E-state index contributed by atoms with van der Waals surface area (Å²) in [5, 5.41) is 0. The van der Waals surface area contributed by atoms with Gasteiger partial charge in [-0.2, -0.15) is 0 Å². The first-order chi connectivity index (χ1) is 9.74. The van der Waals surface area contributed by atoms with Crippen molar-refractivity contribution in [1.29, 1.82) is 0 Å². The fraction of sp³-hybridized carbons (Fsp3) is 0.533. The molecule has 0 saturated carbocycles. The molecule has 0 spiro atoms. The Bertz CT molecular complexity index is 525. The molecule has 1 aromatic carbocycles. The molecule has 1 aromatic rings. The molecule has 1 amide bonds. The molecule has 116 valence electrons. The van der Waals surface area contributed by atoms with Gasteiger partial charge in [-0.1, -0.05) is 0 Å². The van der Waals surface area contributed by atoms with E-state index in [2.05, 4.69) is 0 Å². The van der Waals surface area contributed by atoms with Gasteiger partial charge in [0, 0.05) is 19.0 Å². The van der Waals surface area contributed by atoms with Crippen LogP contribution < -0.4 is 16.2 Å². The summed E-state index contributed by atoms with van der Waals surface area (Å²) in [7, 11) is 0. The van der Waals surface area contributed by atoms with Crippen molar-refractivity contribution in [2.45, 2.75) is 38.9 Å². The Labute approximate surface area is 125 Å². The number of nitrogens with zero attached hydrogens (tertiary/aromatic N) is 1. The third-order valence-electron chi connectivity index (χ3n) is 3.16. The van der Waals surface area contributed by atoms with Crippen LogP contribution in [0.2, 0.25) is 0 Å². The number of anilines is 2. The minimum atomic E-state index is -0.485. The highest BCUT2D eigenvalue weighted by atomic mass is 16.6. The summed E-state index contributed by atoms with van der Waals surface area (Å²) in [4.78, 5) is 13.6. The van der Waals surface area contributed by atoms with Crippen LogP contribution in [0.3, 0.4) is 0 Å². The first-order valence-electron chi connectivity index (χ1n) is 7.04. The molecule has 2 rings (SSSR count). The molecule has 21 heavy (non-hydrogen) atoms. The highest BCUT2D eigenvalue weighted by Crippen LogP contribution is 2.25. The van der Waals surface area contributed by atoms with Gasteiger partial charge in [0.1, 0.15) is 17.5 Å². The van der Waals surface area contributed by atoms with Gasteiger partial charge < -0.3 is 25.8 Å². The zero-order valence-corrected chi connectivity index (χ0v) is 12.8. The third-order valence-corrected chi connectivity index (χ3v) is 3.16. The fourth-order valence-electron chi connectivity index (χ4n) is 2.14. The summed E-state index contributed by atoms with van der Waals surface area (Å²) < 4.78 is 11.2. The quantitative estimate of drug-likeness (QED) is 0.816. The Balaban J connectivity index is 1.90. The lowest BCUT2D eigenvalue weighted by molar-refractivity contribution is 0.0275. The van der Waals surface area contributed by atoms with E-state index in [9.17, 15) is 4.79 Å². The molecule has 6 heteroatoms. The van der Waals surface area contributed by atoms with Crippen LogP contribution in [0.25, 0.3) is 0 Å². The predicted octanol–water partition coefficient (Wildman–Crippen LogP) is 2.24. The fourth-order valence-corrected chi connectivity index (χ4v) is 2.14. The molecular formula is C15H23N3O3. The van der Waals surface area contributed by atoms with E-state index in [1.165, 1.54) is 0 Å². The molecule has 0 aromatic heterocycles. The van der Waals surface area contributed by atoms with Crippen LogP contribution in [0, 0.1) is 0 Å². The minimum Gasteiger partial charge on any atom is -0.488 e. The maximum Gasteiger partial charge on any atom is 0.410 e. The molecule has 1 atom stereocenters. The average molecular weight is 293 g/mol. The van der Waals surface area contributed by atoms with Crippen molar-refractivity contribution in [2.24, 2.45) is 0 Å². The van der Waals surface area contributed by atoms with E-state index in [0.29, 0.717) is 30.2 Å². The van der Waals surface area contributed by atoms with Crippen LogP contribution >= 0.6 is 0 Å². The van der Waals surface area contributed by atoms with E-state index >= 15 is 0 Å². The van der Waals surface area contributed by atoms with Crippen molar-refractivity contribution >= 4 is 17.5 Å². The number of carbonyl (C=O) groups excluding carboxylic acids is 1. The van der Waals surface area contributed by atoms with Gasteiger partial charge in [-0.05, 0) is 32.9 Å². The van der Waals surface area contributed by atoms with Crippen LogP contribution in [0.15, 0.2) is 18.2 Å². The molecule has 1 aliphatic heterocycles. The van der Waals surface area contributed by atoms with Crippen molar-refractivity contribution < 1.29 is 14.3 Å². The number of carbonyl (C=O) groups is 1. The van der Waals surface area contributed by atoms with Gasteiger partial charge in [0.25, 0.3) is 0 Å². The molecule has 0 bridgehead atoms. The van der Waals surface area contributed by atoms with Gasteiger partial charge >= 0.3 is 6.09 Å². The number of nitrogens with two attached hydrogens (primary N) is 2. The van der Waals surface area contributed by atoms with Gasteiger partial charge in [-0.3, -0.25) is 0 Å². The van der Waals surface area contributed by atoms with E-state index in [-0.39, 0.29) is 12.2 Å².